The maximum atomic E-state index is 3.72. The molecule has 1 aliphatic heterocycles. The lowest BCUT2D eigenvalue weighted by molar-refractivity contribution is 0.163. The molecule has 1 unspecified atom stereocenters. The molecular formula is C16H28N2S. The number of piperidine rings is 1. The third-order valence-electron chi connectivity index (χ3n) is 4.34. The van der Waals surface area contributed by atoms with Gasteiger partial charge in [-0.3, -0.25) is 0 Å². The van der Waals surface area contributed by atoms with Crippen LogP contribution in [-0.2, 0) is 6.42 Å². The summed E-state index contributed by atoms with van der Waals surface area (Å²) in [6, 6.07) is 2.91. The Hall–Kier alpha value is -0.380. The minimum absolute atomic E-state index is 0.669. The van der Waals surface area contributed by atoms with Gasteiger partial charge in [0, 0.05) is 6.04 Å². The van der Waals surface area contributed by atoms with E-state index < -0.39 is 0 Å². The number of rotatable bonds is 7. The van der Waals surface area contributed by atoms with Crippen LogP contribution in [0.2, 0.25) is 0 Å². The molecular weight excluding hydrogens is 252 g/mol. The molecule has 0 bridgehead atoms. The zero-order valence-corrected chi connectivity index (χ0v) is 13.2. The SMILES string of the molecule is CCCN1CCC(C(C)NCCc2ccsc2)CC1. The Morgan fingerprint density at radius 3 is 2.84 bits per heavy atom. The van der Waals surface area contributed by atoms with Gasteiger partial charge in [0.05, 0.1) is 0 Å². The van der Waals surface area contributed by atoms with Crippen molar-refractivity contribution in [1.29, 1.82) is 0 Å². The van der Waals surface area contributed by atoms with Gasteiger partial charge in [0.2, 0.25) is 0 Å². The van der Waals surface area contributed by atoms with Gasteiger partial charge in [-0.1, -0.05) is 6.92 Å². The number of hydrogen-bond donors (Lipinski definition) is 1. The van der Waals surface area contributed by atoms with Gasteiger partial charge in [0.1, 0.15) is 0 Å². The first kappa shape index (κ1) is 15.0. The Kier molecular flexibility index (Phi) is 6.35. The van der Waals surface area contributed by atoms with Crippen LogP contribution in [0.3, 0.4) is 0 Å². The van der Waals surface area contributed by atoms with E-state index in [9.17, 15) is 0 Å². The summed E-state index contributed by atoms with van der Waals surface area (Å²) in [4.78, 5) is 2.62. The van der Waals surface area contributed by atoms with Gasteiger partial charge >= 0.3 is 0 Å². The molecule has 1 aromatic rings. The van der Waals surface area contributed by atoms with Crippen LogP contribution < -0.4 is 5.32 Å². The maximum Gasteiger partial charge on any atom is 0.00680 e. The lowest BCUT2D eigenvalue weighted by Gasteiger charge is -2.35. The van der Waals surface area contributed by atoms with Gasteiger partial charge in [0.25, 0.3) is 0 Å². The topological polar surface area (TPSA) is 15.3 Å². The lowest BCUT2D eigenvalue weighted by atomic mass is 9.90. The van der Waals surface area contributed by atoms with Gasteiger partial charge in [0.15, 0.2) is 0 Å². The highest BCUT2D eigenvalue weighted by molar-refractivity contribution is 7.07. The second kappa shape index (κ2) is 8.03. The average Bonchev–Trinajstić information content (AvgIpc) is 2.93. The second-order valence-corrected chi connectivity index (χ2v) is 6.58. The molecule has 0 radical (unpaired) electrons. The van der Waals surface area contributed by atoms with E-state index in [1.54, 1.807) is 11.3 Å². The zero-order valence-electron chi connectivity index (χ0n) is 12.4. The molecule has 2 nitrogen and oxygen atoms in total. The van der Waals surface area contributed by atoms with Crippen molar-refractivity contribution in [3.8, 4) is 0 Å². The van der Waals surface area contributed by atoms with Crippen LogP contribution in [0.5, 0.6) is 0 Å². The van der Waals surface area contributed by atoms with Gasteiger partial charge in [-0.25, -0.2) is 0 Å². The molecule has 1 saturated heterocycles. The number of likely N-dealkylation sites (tertiary alicyclic amines) is 1. The number of nitrogens with zero attached hydrogens (tertiary/aromatic N) is 1. The summed E-state index contributed by atoms with van der Waals surface area (Å²) < 4.78 is 0. The molecule has 2 heterocycles. The van der Waals surface area contributed by atoms with Crippen molar-refractivity contribution in [3.05, 3.63) is 22.4 Å². The quantitative estimate of drug-likeness (QED) is 0.823. The van der Waals surface area contributed by atoms with Crippen LogP contribution in [0.4, 0.5) is 0 Å². The third-order valence-corrected chi connectivity index (χ3v) is 5.07. The number of nitrogens with one attached hydrogen (secondary N) is 1. The molecule has 2 rings (SSSR count). The van der Waals surface area contributed by atoms with E-state index in [0.29, 0.717) is 6.04 Å². The fourth-order valence-corrected chi connectivity index (χ4v) is 3.74. The van der Waals surface area contributed by atoms with E-state index in [0.717, 1.165) is 12.5 Å². The minimum Gasteiger partial charge on any atom is -0.314 e. The molecule has 1 atom stereocenters. The number of thiophene rings is 1. The normalized spacial score (nSPS) is 19.7. The number of hydrogen-bond acceptors (Lipinski definition) is 3. The van der Waals surface area contributed by atoms with Crippen LogP contribution in [0, 0.1) is 5.92 Å². The van der Waals surface area contributed by atoms with Crippen molar-refractivity contribution >= 4 is 11.3 Å². The summed E-state index contributed by atoms with van der Waals surface area (Å²) in [6.45, 7) is 9.65. The highest BCUT2D eigenvalue weighted by Crippen LogP contribution is 2.20. The Balaban J connectivity index is 1.62. The van der Waals surface area contributed by atoms with Crippen molar-refractivity contribution < 1.29 is 0 Å². The zero-order chi connectivity index (χ0) is 13.5. The molecule has 108 valence electrons. The lowest BCUT2D eigenvalue weighted by Crippen LogP contribution is -2.42. The smallest absolute Gasteiger partial charge is 0.00680 e. The van der Waals surface area contributed by atoms with Crippen LogP contribution in [0.15, 0.2) is 16.8 Å². The molecule has 3 heteroatoms. The largest absolute Gasteiger partial charge is 0.314 e. The van der Waals surface area contributed by atoms with Crippen LogP contribution in [0.1, 0.15) is 38.7 Å². The highest BCUT2D eigenvalue weighted by atomic mass is 32.1. The van der Waals surface area contributed by atoms with Crippen molar-refractivity contribution in [3.63, 3.8) is 0 Å². The standard InChI is InChI=1S/C16H28N2S/c1-3-9-18-10-5-16(6-11-18)14(2)17-8-4-15-7-12-19-13-15/h7,12-14,16-17H,3-6,8-11H2,1-2H3. The third kappa shape index (κ3) is 4.90. The van der Waals surface area contributed by atoms with E-state index in [1.807, 2.05) is 0 Å². The van der Waals surface area contributed by atoms with Crippen LogP contribution >= 0.6 is 11.3 Å². The van der Waals surface area contributed by atoms with Crippen molar-refractivity contribution in [2.24, 2.45) is 5.92 Å². The molecule has 0 aliphatic carbocycles. The maximum absolute atomic E-state index is 3.72. The summed E-state index contributed by atoms with van der Waals surface area (Å²) in [7, 11) is 0. The first-order chi connectivity index (χ1) is 9.29. The van der Waals surface area contributed by atoms with Crippen LogP contribution in [0.25, 0.3) is 0 Å². The van der Waals surface area contributed by atoms with Crippen molar-refractivity contribution in [2.75, 3.05) is 26.2 Å². The van der Waals surface area contributed by atoms with Gasteiger partial charge in [-0.15, -0.1) is 0 Å². The van der Waals surface area contributed by atoms with E-state index in [1.165, 1.54) is 50.9 Å². The molecule has 1 aromatic heterocycles. The summed E-state index contributed by atoms with van der Waals surface area (Å²) >= 11 is 1.80. The monoisotopic (exact) mass is 280 g/mol. The van der Waals surface area contributed by atoms with Crippen LogP contribution in [-0.4, -0.2) is 37.1 Å². The van der Waals surface area contributed by atoms with Crippen molar-refractivity contribution in [1.82, 2.24) is 10.2 Å². The highest BCUT2D eigenvalue weighted by Gasteiger charge is 2.22. The fraction of sp³-hybridized carbons (Fsp3) is 0.750. The summed E-state index contributed by atoms with van der Waals surface area (Å²) in [5, 5.41) is 8.15. The molecule has 0 amide bonds. The Morgan fingerprint density at radius 2 is 2.21 bits per heavy atom. The van der Waals surface area contributed by atoms with E-state index in [2.05, 4.69) is 40.9 Å². The minimum atomic E-state index is 0.669. The first-order valence-electron chi connectivity index (χ1n) is 7.76. The molecule has 0 aromatic carbocycles. The van der Waals surface area contributed by atoms with Gasteiger partial charge in [-0.05, 0) is 87.1 Å². The van der Waals surface area contributed by atoms with Gasteiger partial charge < -0.3 is 10.2 Å². The molecule has 1 N–H and O–H groups in total. The molecule has 19 heavy (non-hydrogen) atoms. The second-order valence-electron chi connectivity index (χ2n) is 5.80. The van der Waals surface area contributed by atoms with E-state index in [4.69, 9.17) is 0 Å². The van der Waals surface area contributed by atoms with E-state index >= 15 is 0 Å². The predicted octanol–water partition coefficient (Wildman–Crippen LogP) is 3.39. The molecule has 0 saturated carbocycles. The summed E-state index contributed by atoms with van der Waals surface area (Å²) in [6.07, 6.45) is 5.20. The summed E-state index contributed by atoms with van der Waals surface area (Å²) in [5.41, 5.74) is 1.47. The Labute approximate surface area is 122 Å². The Morgan fingerprint density at radius 1 is 1.42 bits per heavy atom. The van der Waals surface area contributed by atoms with Gasteiger partial charge in [-0.2, -0.15) is 11.3 Å². The molecule has 1 aliphatic rings. The predicted molar refractivity (Wildman–Crippen MR) is 84.9 cm³/mol. The Bertz CT molecular complexity index is 329. The first-order valence-corrected chi connectivity index (χ1v) is 8.70. The van der Waals surface area contributed by atoms with E-state index in [-0.39, 0.29) is 0 Å². The molecule has 1 fully saturated rings. The fourth-order valence-electron chi connectivity index (χ4n) is 3.04. The summed E-state index contributed by atoms with van der Waals surface area (Å²) in [5.74, 6) is 0.871. The molecule has 0 spiro atoms. The van der Waals surface area contributed by atoms with Crippen molar-refractivity contribution in [2.45, 2.75) is 45.6 Å². The average molecular weight is 280 g/mol.